The van der Waals surface area contributed by atoms with Crippen molar-refractivity contribution in [1.82, 2.24) is 10.6 Å². The largest absolute Gasteiger partial charge is 0.352 e. The number of carbonyl (C=O) groups is 2. The van der Waals surface area contributed by atoms with Gasteiger partial charge in [0, 0.05) is 18.2 Å². The van der Waals surface area contributed by atoms with Gasteiger partial charge in [-0.15, -0.1) is 12.4 Å². The van der Waals surface area contributed by atoms with Crippen LogP contribution in [0.1, 0.15) is 24.8 Å². The summed E-state index contributed by atoms with van der Waals surface area (Å²) in [7, 11) is 0. The van der Waals surface area contributed by atoms with Gasteiger partial charge in [-0.2, -0.15) is 0 Å². The average molecular weight is 339 g/mol. The number of nitrogens with one attached hydrogen (secondary N) is 3. The number of amides is 3. The van der Waals surface area contributed by atoms with Crippen LogP contribution in [0.5, 0.6) is 0 Å². The molecule has 126 valence electrons. The standard InChI is InChI=1S/C16H22N4O2.ClH/c17-15(22)20-12-3-1-2-11(8-12)10-19-14(21)13-9-16(13)4-6-18-7-5-16;/h1-3,8,13,18H,4-7,9-10H2,(H,19,21)(H3,17,20,22);1H. The van der Waals surface area contributed by atoms with Gasteiger partial charge in [0.15, 0.2) is 0 Å². The van der Waals surface area contributed by atoms with Crippen LogP contribution in [0.15, 0.2) is 24.3 Å². The summed E-state index contributed by atoms with van der Waals surface area (Å²) < 4.78 is 0. The second-order valence-electron chi connectivity index (χ2n) is 6.28. The van der Waals surface area contributed by atoms with Crippen LogP contribution >= 0.6 is 12.4 Å². The zero-order valence-corrected chi connectivity index (χ0v) is 13.7. The van der Waals surface area contributed by atoms with E-state index in [0.717, 1.165) is 37.9 Å². The van der Waals surface area contributed by atoms with Gasteiger partial charge in [-0.05, 0) is 55.5 Å². The van der Waals surface area contributed by atoms with E-state index in [1.807, 2.05) is 18.2 Å². The van der Waals surface area contributed by atoms with Crippen LogP contribution < -0.4 is 21.7 Å². The molecule has 6 nitrogen and oxygen atoms in total. The SMILES string of the molecule is Cl.NC(=O)Nc1cccc(CNC(=O)C2CC23CCNCC3)c1. The molecule has 1 atom stereocenters. The second-order valence-corrected chi connectivity index (χ2v) is 6.28. The monoisotopic (exact) mass is 338 g/mol. The van der Waals surface area contributed by atoms with Gasteiger partial charge in [-0.1, -0.05) is 12.1 Å². The van der Waals surface area contributed by atoms with Gasteiger partial charge in [0.25, 0.3) is 0 Å². The van der Waals surface area contributed by atoms with E-state index in [4.69, 9.17) is 5.73 Å². The maximum atomic E-state index is 12.3. The number of nitrogens with two attached hydrogens (primary N) is 1. The van der Waals surface area contributed by atoms with Crippen LogP contribution in [-0.4, -0.2) is 25.0 Å². The van der Waals surface area contributed by atoms with Gasteiger partial charge in [0.1, 0.15) is 0 Å². The maximum absolute atomic E-state index is 12.3. The molecule has 1 heterocycles. The number of anilines is 1. The molecular weight excluding hydrogens is 316 g/mol. The zero-order chi connectivity index (χ0) is 15.6. The summed E-state index contributed by atoms with van der Waals surface area (Å²) in [6.45, 7) is 2.51. The molecule has 1 aliphatic heterocycles. The third kappa shape index (κ3) is 4.14. The highest BCUT2D eigenvalue weighted by molar-refractivity contribution is 5.88. The molecule has 23 heavy (non-hydrogen) atoms. The summed E-state index contributed by atoms with van der Waals surface area (Å²) in [6.07, 6.45) is 3.22. The van der Waals surface area contributed by atoms with Gasteiger partial charge in [-0.25, -0.2) is 4.79 Å². The second kappa shape index (κ2) is 7.19. The number of benzene rings is 1. The van der Waals surface area contributed by atoms with E-state index in [0.29, 0.717) is 12.2 Å². The van der Waals surface area contributed by atoms with Gasteiger partial charge in [0.05, 0.1) is 0 Å². The number of hydrogen-bond donors (Lipinski definition) is 4. The Morgan fingerprint density at radius 3 is 2.74 bits per heavy atom. The first-order valence-electron chi connectivity index (χ1n) is 7.73. The molecule has 1 unspecified atom stereocenters. The highest BCUT2D eigenvalue weighted by Crippen LogP contribution is 2.58. The molecule has 1 aliphatic carbocycles. The number of halogens is 1. The molecule has 0 bridgehead atoms. The lowest BCUT2D eigenvalue weighted by Gasteiger charge is -2.23. The fraction of sp³-hybridized carbons (Fsp3) is 0.500. The molecule has 2 aliphatic rings. The molecule has 1 aromatic rings. The summed E-state index contributed by atoms with van der Waals surface area (Å²) in [5, 5.41) is 8.89. The average Bonchev–Trinajstić information content (AvgIpc) is 3.18. The molecule has 1 saturated carbocycles. The van der Waals surface area contributed by atoms with Crippen molar-refractivity contribution in [2.75, 3.05) is 18.4 Å². The fourth-order valence-corrected chi connectivity index (χ4v) is 3.41. The Morgan fingerprint density at radius 1 is 1.30 bits per heavy atom. The normalized spacial score (nSPS) is 21.1. The van der Waals surface area contributed by atoms with Crippen molar-refractivity contribution in [3.63, 3.8) is 0 Å². The number of carbonyl (C=O) groups excluding carboxylic acids is 2. The van der Waals surface area contributed by atoms with E-state index in [9.17, 15) is 9.59 Å². The maximum Gasteiger partial charge on any atom is 0.316 e. The summed E-state index contributed by atoms with van der Waals surface area (Å²) in [4.78, 5) is 23.1. The first kappa shape index (κ1) is 17.6. The van der Waals surface area contributed by atoms with Crippen LogP contribution in [0.4, 0.5) is 10.5 Å². The summed E-state index contributed by atoms with van der Waals surface area (Å²) in [6, 6.07) is 6.74. The molecule has 0 aromatic heterocycles. The van der Waals surface area contributed by atoms with Crippen molar-refractivity contribution in [3.8, 4) is 0 Å². The van der Waals surface area contributed by atoms with Crippen molar-refractivity contribution < 1.29 is 9.59 Å². The Morgan fingerprint density at radius 2 is 2.04 bits per heavy atom. The van der Waals surface area contributed by atoms with Crippen molar-refractivity contribution in [2.45, 2.75) is 25.8 Å². The van der Waals surface area contributed by atoms with Crippen molar-refractivity contribution in [2.24, 2.45) is 17.1 Å². The van der Waals surface area contributed by atoms with Crippen LogP contribution in [0.2, 0.25) is 0 Å². The molecule has 5 N–H and O–H groups in total. The molecule has 3 rings (SSSR count). The highest BCUT2D eigenvalue weighted by Gasteiger charge is 2.57. The quantitative estimate of drug-likeness (QED) is 0.671. The summed E-state index contributed by atoms with van der Waals surface area (Å²) in [5.74, 6) is 0.316. The summed E-state index contributed by atoms with van der Waals surface area (Å²) in [5.41, 5.74) is 6.94. The van der Waals surface area contributed by atoms with Crippen LogP contribution in [0.25, 0.3) is 0 Å². The van der Waals surface area contributed by atoms with Crippen LogP contribution in [0.3, 0.4) is 0 Å². The van der Waals surface area contributed by atoms with Crippen LogP contribution in [-0.2, 0) is 11.3 Å². The van der Waals surface area contributed by atoms with Gasteiger partial charge >= 0.3 is 6.03 Å². The minimum Gasteiger partial charge on any atom is -0.352 e. The Labute approximate surface area is 142 Å². The van der Waals surface area contributed by atoms with Crippen LogP contribution in [0, 0.1) is 11.3 Å². The summed E-state index contributed by atoms with van der Waals surface area (Å²) >= 11 is 0. The lowest BCUT2D eigenvalue weighted by molar-refractivity contribution is -0.123. The molecule has 0 radical (unpaired) electrons. The first-order chi connectivity index (χ1) is 10.6. The lowest BCUT2D eigenvalue weighted by Crippen LogP contribution is -2.33. The van der Waals surface area contributed by atoms with Gasteiger partial charge in [-0.3, -0.25) is 4.79 Å². The van der Waals surface area contributed by atoms with E-state index < -0.39 is 6.03 Å². The van der Waals surface area contributed by atoms with E-state index in [-0.39, 0.29) is 29.6 Å². The number of hydrogen-bond acceptors (Lipinski definition) is 3. The predicted octanol–water partition coefficient (Wildman–Crippen LogP) is 1.60. The molecule has 1 saturated heterocycles. The third-order valence-electron chi connectivity index (χ3n) is 4.77. The van der Waals surface area contributed by atoms with Gasteiger partial charge in [0.2, 0.25) is 5.91 Å². The van der Waals surface area contributed by atoms with Crippen molar-refractivity contribution in [1.29, 1.82) is 0 Å². The van der Waals surface area contributed by atoms with Crippen molar-refractivity contribution >= 4 is 30.0 Å². The lowest BCUT2D eigenvalue weighted by atomic mass is 9.92. The molecular formula is C16H23ClN4O2. The predicted molar refractivity (Wildman–Crippen MR) is 91.4 cm³/mol. The molecule has 1 spiro atoms. The molecule has 1 aromatic carbocycles. The number of rotatable bonds is 4. The molecule has 3 amide bonds. The van der Waals surface area contributed by atoms with E-state index >= 15 is 0 Å². The van der Waals surface area contributed by atoms with E-state index in [1.165, 1.54) is 0 Å². The highest BCUT2D eigenvalue weighted by atomic mass is 35.5. The first-order valence-corrected chi connectivity index (χ1v) is 7.73. The number of urea groups is 1. The Kier molecular flexibility index (Phi) is 5.49. The molecule has 7 heteroatoms. The topological polar surface area (TPSA) is 96.2 Å². The minimum absolute atomic E-state index is 0. The third-order valence-corrected chi connectivity index (χ3v) is 4.77. The Balaban J connectivity index is 0.00000192. The Bertz CT molecular complexity index is 587. The Hall–Kier alpha value is -1.79. The minimum atomic E-state index is -0.591. The smallest absolute Gasteiger partial charge is 0.316 e. The van der Waals surface area contributed by atoms with E-state index in [1.54, 1.807) is 6.07 Å². The number of primary amides is 1. The number of piperidine rings is 1. The fourth-order valence-electron chi connectivity index (χ4n) is 3.41. The van der Waals surface area contributed by atoms with Gasteiger partial charge < -0.3 is 21.7 Å². The van der Waals surface area contributed by atoms with E-state index in [2.05, 4.69) is 16.0 Å². The molecule has 2 fully saturated rings. The zero-order valence-electron chi connectivity index (χ0n) is 12.9. The van der Waals surface area contributed by atoms with Crippen molar-refractivity contribution in [3.05, 3.63) is 29.8 Å².